The van der Waals surface area contributed by atoms with Crippen molar-refractivity contribution in [2.24, 2.45) is 4.99 Å². The topological polar surface area (TPSA) is 104 Å². The molecule has 1 amide bonds. The normalized spacial score (nSPS) is 19.6. The van der Waals surface area contributed by atoms with E-state index in [4.69, 9.17) is 0 Å². The number of thiazole rings is 1. The van der Waals surface area contributed by atoms with E-state index in [2.05, 4.69) is 20.6 Å². The van der Waals surface area contributed by atoms with Gasteiger partial charge in [-0.3, -0.25) is 9.79 Å². The Kier molecular flexibility index (Phi) is 6.77. The van der Waals surface area contributed by atoms with Crippen molar-refractivity contribution < 1.29 is 13.2 Å². The summed E-state index contributed by atoms with van der Waals surface area (Å²) in [5, 5.41) is 8.96. The van der Waals surface area contributed by atoms with Crippen LogP contribution in [0.25, 0.3) is 0 Å². The molecular formula is C15H25N5O3S2. The van der Waals surface area contributed by atoms with Gasteiger partial charge >= 0.3 is 0 Å². The van der Waals surface area contributed by atoms with Crippen molar-refractivity contribution >= 4 is 33.0 Å². The molecule has 10 heteroatoms. The lowest BCUT2D eigenvalue weighted by Gasteiger charge is -2.21. The van der Waals surface area contributed by atoms with Gasteiger partial charge in [0.1, 0.15) is 0 Å². The number of carbonyl (C=O) groups is 1. The molecule has 2 rings (SSSR count). The van der Waals surface area contributed by atoms with Crippen LogP contribution in [-0.4, -0.2) is 68.4 Å². The number of sulfone groups is 1. The molecule has 1 aromatic rings. The minimum atomic E-state index is -2.98. The zero-order valence-electron chi connectivity index (χ0n) is 14.8. The summed E-state index contributed by atoms with van der Waals surface area (Å²) in [5.74, 6) is 0.734. The van der Waals surface area contributed by atoms with Gasteiger partial charge < -0.3 is 15.5 Å². The molecule has 1 saturated heterocycles. The van der Waals surface area contributed by atoms with Crippen molar-refractivity contribution in [1.29, 1.82) is 0 Å². The van der Waals surface area contributed by atoms with Crippen molar-refractivity contribution in [3.05, 3.63) is 16.1 Å². The molecule has 1 unspecified atom stereocenters. The van der Waals surface area contributed by atoms with Crippen LogP contribution >= 0.6 is 11.3 Å². The lowest BCUT2D eigenvalue weighted by molar-refractivity contribution is -0.121. The standard InChI is InChI=1S/C15H25N5O3S2/c1-11-18-13(9-24-11)8-20(3)15(16-2)17-6-4-14(21)19-12-5-7-25(22,23)10-12/h9,12H,4-8,10H2,1-3H3,(H,16,17)(H,19,21). The Bertz CT molecular complexity index is 729. The van der Waals surface area contributed by atoms with Gasteiger partial charge in [0.05, 0.1) is 28.8 Å². The Hall–Kier alpha value is -1.68. The largest absolute Gasteiger partial charge is 0.356 e. The predicted molar refractivity (Wildman–Crippen MR) is 99.5 cm³/mol. The maximum absolute atomic E-state index is 11.9. The number of aliphatic imine (C=N–C) groups is 1. The van der Waals surface area contributed by atoms with Gasteiger partial charge in [-0.25, -0.2) is 13.4 Å². The Labute approximate surface area is 152 Å². The molecule has 1 fully saturated rings. The molecular weight excluding hydrogens is 362 g/mol. The Balaban J connectivity index is 1.72. The van der Waals surface area contributed by atoms with Gasteiger partial charge in [0.2, 0.25) is 5.91 Å². The van der Waals surface area contributed by atoms with Gasteiger partial charge in [-0.15, -0.1) is 11.3 Å². The van der Waals surface area contributed by atoms with Gasteiger partial charge in [-0.2, -0.15) is 0 Å². The molecule has 0 aliphatic carbocycles. The SMILES string of the molecule is CN=C(NCCC(=O)NC1CCS(=O)(=O)C1)N(C)Cc1csc(C)n1. The van der Waals surface area contributed by atoms with Crippen LogP contribution in [0.1, 0.15) is 23.5 Å². The number of guanidine groups is 1. The molecule has 140 valence electrons. The van der Waals surface area contributed by atoms with Gasteiger partial charge in [-0.1, -0.05) is 0 Å². The monoisotopic (exact) mass is 387 g/mol. The number of rotatable bonds is 6. The summed E-state index contributed by atoms with van der Waals surface area (Å²) < 4.78 is 22.8. The van der Waals surface area contributed by atoms with E-state index >= 15 is 0 Å². The first-order valence-electron chi connectivity index (χ1n) is 8.11. The van der Waals surface area contributed by atoms with Crippen LogP contribution in [0.15, 0.2) is 10.4 Å². The third-order valence-electron chi connectivity index (χ3n) is 3.87. The summed E-state index contributed by atoms with van der Waals surface area (Å²) in [4.78, 5) is 22.5. The maximum Gasteiger partial charge on any atom is 0.222 e. The fourth-order valence-corrected chi connectivity index (χ4v) is 4.96. The van der Waals surface area contributed by atoms with E-state index < -0.39 is 9.84 Å². The highest BCUT2D eigenvalue weighted by Gasteiger charge is 2.28. The minimum absolute atomic E-state index is 0.0453. The van der Waals surface area contributed by atoms with Gasteiger partial charge in [0.25, 0.3) is 0 Å². The summed E-state index contributed by atoms with van der Waals surface area (Å²) in [6, 6.07) is -0.257. The molecule has 0 saturated carbocycles. The third kappa shape index (κ3) is 6.28. The number of amides is 1. The third-order valence-corrected chi connectivity index (χ3v) is 6.46. The van der Waals surface area contributed by atoms with E-state index in [1.807, 2.05) is 24.3 Å². The molecule has 0 bridgehead atoms. The number of hydrogen-bond acceptors (Lipinski definition) is 6. The minimum Gasteiger partial charge on any atom is -0.356 e. The van der Waals surface area contributed by atoms with E-state index in [0.29, 0.717) is 25.5 Å². The van der Waals surface area contributed by atoms with Crippen molar-refractivity contribution in [3.8, 4) is 0 Å². The molecule has 1 atom stereocenters. The van der Waals surface area contributed by atoms with Crippen LogP contribution in [0.4, 0.5) is 0 Å². The first-order valence-corrected chi connectivity index (χ1v) is 10.8. The second-order valence-electron chi connectivity index (χ2n) is 6.11. The first kappa shape index (κ1) is 19.6. The number of carbonyl (C=O) groups excluding carboxylic acids is 1. The summed E-state index contributed by atoms with van der Waals surface area (Å²) in [5.41, 5.74) is 0.980. The van der Waals surface area contributed by atoms with Gasteiger partial charge in [-0.05, 0) is 13.3 Å². The average Bonchev–Trinajstić information content (AvgIpc) is 3.08. The number of nitrogens with zero attached hydrogens (tertiary/aromatic N) is 3. The summed E-state index contributed by atoms with van der Waals surface area (Å²) in [7, 11) is 0.620. The van der Waals surface area contributed by atoms with E-state index in [1.165, 1.54) is 0 Å². The summed E-state index contributed by atoms with van der Waals surface area (Å²) in [6.07, 6.45) is 0.762. The van der Waals surface area contributed by atoms with Crippen LogP contribution in [-0.2, 0) is 21.2 Å². The smallest absolute Gasteiger partial charge is 0.222 e. The van der Waals surface area contributed by atoms with Gasteiger partial charge in [0, 0.05) is 38.5 Å². The van der Waals surface area contributed by atoms with Crippen molar-refractivity contribution in [2.45, 2.75) is 32.4 Å². The second kappa shape index (κ2) is 8.61. The predicted octanol–water partition coefficient (Wildman–Crippen LogP) is 0.152. The maximum atomic E-state index is 11.9. The van der Waals surface area contributed by atoms with Gasteiger partial charge in [0.15, 0.2) is 15.8 Å². The molecule has 0 radical (unpaired) electrons. The molecule has 1 aliphatic heterocycles. The number of hydrogen-bond donors (Lipinski definition) is 2. The summed E-state index contributed by atoms with van der Waals surface area (Å²) >= 11 is 1.61. The van der Waals surface area contributed by atoms with E-state index in [-0.39, 0.29) is 29.9 Å². The van der Waals surface area contributed by atoms with Crippen molar-refractivity contribution in [1.82, 2.24) is 20.5 Å². The Morgan fingerprint density at radius 3 is 2.84 bits per heavy atom. The van der Waals surface area contributed by atoms with Crippen molar-refractivity contribution in [3.63, 3.8) is 0 Å². The number of aromatic nitrogens is 1. The van der Waals surface area contributed by atoms with Crippen LogP contribution < -0.4 is 10.6 Å². The van der Waals surface area contributed by atoms with E-state index in [1.54, 1.807) is 18.4 Å². The lowest BCUT2D eigenvalue weighted by Crippen LogP contribution is -2.41. The molecule has 1 aromatic heterocycles. The van der Waals surface area contributed by atoms with Crippen LogP contribution in [0.5, 0.6) is 0 Å². The Morgan fingerprint density at radius 1 is 1.52 bits per heavy atom. The highest BCUT2D eigenvalue weighted by Crippen LogP contribution is 2.11. The molecule has 0 aromatic carbocycles. The average molecular weight is 388 g/mol. The molecule has 0 spiro atoms. The summed E-state index contributed by atoms with van der Waals surface area (Å²) in [6.45, 7) is 3.03. The zero-order chi connectivity index (χ0) is 18.4. The zero-order valence-corrected chi connectivity index (χ0v) is 16.4. The number of nitrogens with one attached hydrogen (secondary N) is 2. The molecule has 25 heavy (non-hydrogen) atoms. The van der Waals surface area contributed by atoms with Crippen LogP contribution in [0.3, 0.4) is 0 Å². The highest BCUT2D eigenvalue weighted by molar-refractivity contribution is 7.91. The second-order valence-corrected chi connectivity index (χ2v) is 9.40. The molecule has 2 heterocycles. The molecule has 2 N–H and O–H groups in total. The molecule has 8 nitrogen and oxygen atoms in total. The van der Waals surface area contributed by atoms with Crippen LogP contribution in [0.2, 0.25) is 0 Å². The lowest BCUT2D eigenvalue weighted by atomic mass is 10.2. The fourth-order valence-electron chi connectivity index (χ4n) is 2.68. The van der Waals surface area contributed by atoms with Crippen LogP contribution in [0, 0.1) is 6.92 Å². The van der Waals surface area contributed by atoms with E-state index in [0.717, 1.165) is 10.7 Å². The quantitative estimate of drug-likeness (QED) is 0.532. The molecule has 1 aliphatic rings. The Morgan fingerprint density at radius 2 is 2.28 bits per heavy atom. The van der Waals surface area contributed by atoms with Crippen molar-refractivity contribution in [2.75, 3.05) is 32.1 Å². The fraction of sp³-hybridized carbons (Fsp3) is 0.667. The van der Waals surface area contributed by atoms with E-state index in [9.17, 15) is 13.2 Å². The first-order chi connectivity index (χ1) is 11.8. The highest BCUT2D eigenvalue weighted by atomic mass is 32.2. The number of aryl methyl sites for hydroxylation is 1.